The second kappa shape index (κ2) is 6.50. The largest absolute Gasteiger partial charge is 0.295 e. The van der Waals surface area contributed by atoms with Crippen molar-refractivity contribution in [2.45, 2.75) is 31.0 Å². The second-order valence-corrected chi connectivity index (χ2v) is 6.80. The molecule has 2 atom stereocenters. The molecule has 2 unspecified atom stereocenters. The van der Waals surface area contributed by atoms with Crippen LogP contribution in [0.5, 0.6) is 0 Å². The van der Waals surface area contributed by atoms with Crippen LogP contribution in [0.3, 0.4) is 0 Å². The minimum Gasteiger partial charge on any atom is -0.295 e. The number of fused-ring (bicyclic) bond motifs is 1. The lowest BCUT2D eigenvalue weighted by molar-refractivity contribution is 0.584. The first kappa shape index (κ1) is 15.2. The van der Waals surface area contributed by atoms with Crippen LogP contribution in [0.4, 0.5) is 0 Å². The maximum absolute atomic E-state index is 12.5. The molecule has 20 heavy (non-hydrogen) atoms. The summed E-state index contributed by atoms with van der Waals surface area (Å²) in [4.78, 5) is 16.9. The van der Waals surface area contributed by atoms with Crippen LogP contribution in [0, 0.1) is 0 Å². The van der Waals surface area contributed by atoms with Gasteiger partial charge in [-0.3, -0.25) is 13.6 Å². The van der Waals surface area contributed by atoms with Gasteiger partial charge in [0, 0.05) is 28.9 Å². The normalized spacial score (nSPS) is 14.3. The van der Waals surface area contributed by atoms with Gasteiger partial charge in [-0.1, -0.05) is 19.1 Å². The third-order valence-electron chi connectivity index (χ3n) is 3.39. The molecule has 0 saturated carbocycles. The van der Waals surface area contributed by atoms with Gasteiger partial charge in [0.2, 0.25) is 0 Å². The van der Waals surface area contributed by atoms with Gasteiger partial charge in [0.15, 0.2) is 0 Å². The van der Waals surface area contributed by atoms with Crippen LogP contribution < -0.4 is 5.56 Å². The Morgan fingerprint density at radius 2 is 2.10 bits per heavy atom. The number of benzene rings is 1. The van der Waals surface area contributed by atoms with Gasteiger partial charge in [-0.15, -0.1) is 11.6 Å². The third-order valence-corrected chi connectivity index (χ3v) is 4.99. The number of halogens is 1. The highest BCUT2D eigenvalue weighted by Crippen LogP contribution is 2.11. The van der Waals surface area contributed by atoms with Crippen LogP contribution in [-0.2, 0) is 23.2 Å². The summed E-state index contributed by atoms with van der Waals surface area (Å²) in [7, 11) is -0.895. The van der Waals surface area contributed by atoms with Crippen molar-refractivity contribution >= 4 is 33.3 Å². The van der Waals surface area contributed by atoms with Crippen molar-refractivity contribution in [3.63, 3.8) is 0 Å². The van der Waals surface area contributed by atoms with E-state index in [4.69, 9.17) is 11.6 Å². The number of hydrogen-bond acceptors (Lipinski definition) is 3. The fraction of sp³-hybridized carbons (Fsp3) is 0.429. The van der Waals surface area contributed by atoms with E-state index >= 15 is 0 Å². The minimum absolute atomic E-state index is 0.0385. The van der Waals surface area contributed by atoms with E-state index in [-0.39, 0.29) is 16.7 Å². The Morgan fingerprint density at radius 3 is 2.75 bits per heavy atom. The predicted molar refractivity (Wildman–Crippen MR) is 83.7 cm³/mol. The van der Waals surface area contributed by atoms with Crippen LogP contribution in [0.2, 0.25) is 0 Å². The second-order valence-electron chi connectivity index (χ2n) is 4.73. The summed E-state index contributed by atoms with van der Waals surface area (Å²) in [6.07, 6.45) is 2.33. The summed E-state index contributed by atoms with van der Waals surface area (Å²) < 4.78 is 13.0. The van der Waals surface area contributed by atoms with Gasteiger partial charge in [-0.2, -0.15) is 0 Å². The number of rotatable bonds is 5. The maximum Gasteiger partial charge on any atom is 0.261 e. The van der Waals surface area contributed by atoms with E-state index in [1.807, 2.05) is 19.1 Å². The fourth-order valence-electron chi connectivity index (χ4n) is 2.02. The van der Waals surface area contributed by atoms with E-state index in [9.17, 15) is 9.00 Å². The topological polar surface area (TPSA) is 52.0 Å². The van der Waals surface area contributed by atoms with Crippen LogP contribution >= 0.6 is 11.6 Å². The van der Waals surface area contributed by atoms with Crippen molar-refractivity contribution in [1.29, 1.82) is 0 Å². The molecule has 0 spiro atoms. The molecule has 0 bridgehead atoms. The first-order valence-electron chi connectivity index (χ1n) is 6.41. The van der Waals surface area contributed by atoms with Gasteiger partial charge in [0.05, 0.1) is 16.8 Å². The van der Waals surface area contributed by atoms with E-state index in [1.165, 1.54) is 0 Å². The molecule has 6 heteroatoms. The molecule has 0 aliphatic carbocycles. The van der Waals surface area contributed by atoms with Gasteiger partial charge in [0.25, 0.3) is 5.56 Å². The number of alkyl halides is 1. The highest BCUT2D eigenvalue weighted by molar-refractivity contribution is 7.84. The zero-order valence-corrected chi connectivity index (χ0v) is 13.1. The van der Waals surface area contributed by atoms with Crippen LogP contribution in [0.25, 0.3) is 10.9 Å². The summed E-state index contributed by atoms with van der Waals surface area (Å²) in [5, 5.41) is 0.628. The van der Waals surface area contributed by atoms with Crippen LogP contribution in [-0.4, -0.2) is 25.3 Å². The molecule has 1 aromatic carbocycles. The average Bonchev–Trinajstić information content (AvgIpc) is 2.45. The summed E-state index contributed by atoms with van der Waals surface area (Å²) >= 11 is 5.90. The van der Waals surface area contributed by atoms with Crippen molar-refractivity contribution in [2.24, 2.45) is 0 Å². The summed E-state index contributed by atoms with van der Waals surface area (Å²) in [6.45, 7) is 2.40. The Labute approximate surface area is 125 Å². The number of nitrogens with zero attached hydrogens (tertiary/aromatic N) is 2. The van der Waals surface area contributed by atoms with E-state index in [0.717, 1.165) is 0 Å². The Hall–Kier alpha value is -1.20. The first-order chi connectivity index (χ1) is 9.54. The van der Waals surface area contributed by atoms with Crippen molar-refractivity contribution in [3.05, 3.63) is 40.4 Å². The lowest BCUT2D eigenvalue weighted by atomic mass is 10.2. The SMILES string of the molecule is CC(CCn1c(CCl)nc2ccccc2c1=O)S(C)=O. The number of hydrogen-bond donors (Lipinski definition) is 0. The molecular formula is C14H17ClN2O2S. The molecule has 0 saturated heterocycles. The molecule has 0 N–H and O–H groups in total. The zero-order valence-electron chi connectivity index (χ0n) is 11.5. The van der Waals surface area contributed by atoms with Crippen LogP contribution in [0.15, 0.2) is 29.1 Å². The zero-order chi connectivity index (χ0) is 14.7. The summed E-state index contributed by atoms with van der Waals surface area (Å²) in [6, 6.07) is 7.24. The molecule has 0 amide bonds. The quantitative estimate of drug-likeness (QED) is 0.796. The van der Waals surface area contributed by atoms with Crippen molar-refractivity contribution in [1.82, 2.24) is 9.55 Å². The van der Waals surface area contributed by atoms with Gasteiger partial charge < -0.3 is 0 Å². The van der Waals surface area contributed by atoms with E-state index < -0.39 is 10.8 Å². The van der Waals surface area contributed by atoms with E-state index in [2.05, 4.69) is 4.98 Å². The van der Waals surface area contributed by atoms with Crippen molar-refractivity contribution in [2.75, 3.05) is 6.26 Å². The highest BCUT2D eigenvalue weighted by atomic mass is 35.5. The molecule has 0 aliphatic rings. The van der Waals surface area contributed by atoms with Gasteiger partial charge in [-0.25, -0.2) is 4.98 Å². The van der Waals surface area contributed by atoms with Crippen LogP contribution in [0.1, 0.15) is 19.2 Å². The average molecular weight is 313 g/mol. The first-order valence-corrected chi connectivity index (χ1v) is 8.56. The standard InChI is InChI=1S/C14H17ClN2O2S/c1-10(20(2)19)7-8-17-13(9-15)16-12-6-4-3-5-11(12)14(17)18/h3-6,10H,7-9H2,1-2H3. The molecule has 1 aromatic heterocycles. The summed E-state index contributed by atoms with van der Waals surface area (Å²) in [5.74, 6) is 0.744. The molecule has 0 aliphatic heterocycles. The Bertz CT molecular complexity index is 699. The molecule has 108 valence electrons. The predicted octanol–water partition coefficient (Wildman–Crippen LogP) is 2.29. The Balaban J connectivity index is 2.43. The molecule has 4 nitrogen and oxygen atoms in total. The maximum atomic E-state index is 12.5. The fourth-order valence-corrected chi connectivity index (χ4v) is 2.66. The van der Waals surface area contributed by atoms with Gasteiger partial charge in [-0.05, 0) is 18.6 Å². The van der Waals surface area contributed by atoms with Gasteiger partial charge in [0.1, 0.15) is 5.82 Å². The smallest absolute Gasteiger partial charge is 0.261 e. The number of para-hydroxylation sites is 1. The Kier molecular flexibility index (Phi) is 4.94. The number of aromatic nitrogens is 2. The summed E-state index contributed by atoms with van der Waals surface area (Å²) in [5.41, 5.74) is 0.580. The van der Waals surface area contributed by atoms with Crippen molar-refractivity contribution < 1.29 is 4.21 Å². The molecule has 0 radical (unpaired) electrons. The molecule has 1 heterocycles. The lowest BCUT2D eigenvalue weighted by Crippen LogP contribution is -2.27. The molecule has 2 aromatic rings. The molecular weight excluding hydrogens is 296 g/mol. The molecule has 0 fully saturated rings. The van der Waals surface area contributed by atoms with Crippen molar-refractivity contribution in [3.8, 4) is 0 Å². The monoisotopic (exact) mass is 312 g/mol. The minimum atomic E-state index is -0.895. The van der Waals surface area contributed by atoms with E-state index in [0.29, 0.717) is 29.7 Å². The highest BCUT2D eigenvalue weighted by Gasteiger charge is 2.12. The Morgan fingerprint density at radius 1 is 1.40 bits per heavy atom. The lowest BCUT2D eigenvalue weighted by Gasteiger charge is -2.14. The van der Waals surface area contributed by atoms with Gasteiger partial charge >= 0.3 is 0 Å². The van der Waals surface area contributed by atoms with E-state index in [1.54, 1.807) is 23.0 Å². The molecule has 2 rings (SSSR count). The third kappa shape index (κ3) is 3.10.